The Morgan fingerprint density at radius 2 is 2.11 bits per heavy atom. The van der Waals surface area contributed by atoms with E-state index in [0.29, 0.717) is 25.6 Å². The van der Waals surface area contributed by atoms with Crippen molar-refractivity contribution in [1.29, 1.82) is 0 Å². The zero-order valence-electron chi connectivity index (χ0n) is 15.4. The number of carbonyl (C=O) groups is 1. The summed E-state index contributed by atoms with van der Waals surface area (Å²) in [6, 6.07) is 3.74. The third-order valence-corrected chi connectivity index (χ3v) is 6.33. The van der Waals surface area contributed by atoms with E-state index in [2.05, 4.69) is 4.98 Å². The van der Waals surface area contributed by atoms with Crippen molar-refractivity contribution in [2.75, 3.05) is 26.3 Å². The largest absolute Gasteiger partial charge is 0.492 e. The lowest BCUT2D eigenvalue weighted by Crippen LogP contribution is -2.53. The molecule has 0 N–H and O–H groups in total. The Morgan fingerprint density at radius 1 is 1.33 bits per heavy atom. The number of amides is 1. The van der Waals surface area contributed by atoms with Crippen LogP contribution in [0.25, 0.3) is 0 Å². The highest BCUT2D eigenvalue weighted by Crippen LogP contribution is 2.45. The third kappa shape index (κ3) is 3.93. The molecule has 4 rings (SSSR count). The van der Waals surface area contributed by atoms with Gasteiger partial charge >= 0.3 is 0 Å². The molecular formula is C20H26F2N2O3. The molecule has 3 heterocycles. The number of carbonyl (C=O) groups excluding carboxylic acids is 1. The van der Waals surface area contributed by atoms with Crippen molar-refractivity contribution >= 4 is 5.91 Å². The van der Waals surface area contributed by atoms with Crippen LogP contribution in [0, 0.1) is 11.8 Å². The van der Waals surface area contributed by atoms with Crippen molar-refractivity contribution < 1.29 is 23.0 Å². The first-order valence-corrected chi connectivity index (χ1v) is 9.81. The monoisotopic (exact) mass is 380 g/mol. The maximum atomic E-state index is 13.0. The summed E-state index contributed by atoms with van der Waals surface area (Å²) in [7, 11) is 0. The number of aromatic nitrogens is 1. The zero-order valence-corrected chi connectivity index (χ0v) is 15.4. The molecule has 1 atom stereocenters. The van der Waals surface area contributed by atoms with Gasteiger partial charge in [0.15, 0.2) is 0 Å². The minimum atomic E-state index is -2.65. The highest BCUT2D eigenvalue weighted by Gasteiger charge is 2.52. The van der Waals surface area contributed by atoms with Gasteiger partial charge in [-0.2, -0.15) is 0 Å². The number of alkyl halides is 2. The average Bonchev–Trinajstić information content (AvgIpc) is 3.03. The van der Waals surface area contributed by atoms with E-state index < -0.39 is 11.8 Å². The summed E-state index contributed by atoms with van der Waals surface area (Å²) in [6.45, 7) is 2.54. The lowest BCUT2D eigenvalue weighted by Gasteiger charge is -2.44. The first-order chi connectivity index (χ1) is 13.0. The molecule has 1 aromatic rings. The highest BCUT2D eigenvalue weighted by molar-refractivity contribution is 5.80. The molecule has 0 radical (unpaired) electrons. The smallest absolute Gasteiger partial charge is 0.249 e. The molecule has 148 valence electrons. The summed E-state index contributed by atoms with van der Waals surface area (Å²) in [5, 5.41) is 0. The van der Waals surface area contributed by atoms with Gasteiger partial charge in [0.2, 0.25) is 11.8 Å². The van der Waals surface area contributed by atoms with Crippen LogP contribution in [0.2, 0.25) is 0 Å². The van der Waals surface area contributed by atoms with E-state index in [9.17, 15) is 13.6 Å². The fourth-order valence-corrected chi connectivity index (χ4v) is 4.70. The number of nitrogens with zero attached hydrogens (tertiary/aromatic N) is 2. The van der Waals surface area contributed by atoms with Gasteiger partial charge in [0, 0.05) is 44.7 Å². The normalized spacial score (nSPS) is 26.7. The Hall–Kier alpha value is -1.76. The topological polar surface area (TPSA) is 51.7 Å². The second-order valence-corrected chi connectivity index (χ2v) is 8.01. The summed E-state index contributed by atoms with van der Waals surface area (Å²) in [6.07, 6.45) is 6.29. The predicted molar refractivity (Wildman–Crippen MR) is 94.6 cm³/mol. The number of rotatable bonds is 5. The Balaban J connectivity index is 1.27. The molecule has 1 aliphatic carbocycles. The molecule has 1 aromatic heterocycles. The van der Waals surface area contributed by atoms with Gasteiger partial charge in [0.05, 0.1) is 18.4 Å². The van der Waals surface area contributed by atoms with Gasteiger partial charge in [-0.3, -0.25) is 9.78 Å². The van der Waals surface area contributed by atoms with E-state index in [1.54, 1.807) is 17.3 Å². The van der Waals surface area contributed by atoms with Crippen LogP contribution >= 0.6 is 0 Å². The van der Waals surface area contributed by atoms with Crippen molar-refractivity contribution in [1.82, 2.24) is 9.88 Å². The molecule has 3 fully saturated rings. The zero-order chi connectivity index (χ0) is 18.9. The predicted octanol–water partition coefficient (Wildman–Crippen LogP) is 3.29. The maximum Gasteiger partial charge on any atom is 0.249 e. The Kier molecular flexibility index (Phi) is 5.05. The number of hydrogen-bond acceptors (Lipinski definition) is 4. The molecule has 5 nitrogen and oxygen atoms in total. The van der Waals surface area contributed by atoms with Crippen molar-refractivity contribution in [3.63, 3.8) is 0 Å². The minimum Gasteiger partial charge on any atom is -0.492 e. The quantitative estimate of drug-likeness (QED) is 0.787. The maximum absolute atomic E-state index is 13.0. The van der Waals surface area contributed by atoms with Gasteiger partial charge in [-0.1, -0.05) is 0 Å². The second kappa shape index (κ2) is 7.34. The van der Waals surface area contributed by atoms with Gasteiger partial charge in [-0.25, -0.2) is 8.78 Å². The number of hydrogen-bond donors (Lipinski definition) is 0. The van der Waals surface area contributed by atoms with Crippen LogP contribution in [0.4, 0.5) is 8.78 Å². The van der Waals surface area contributed by atoms with Gasteiger partial charge in [0.1, 0.15) is 5.75 Å². The molecule has 0 bridgehead atoms. The molecule has 2 saturated heterocycles. The van der Waals surface area contributed by atoms with E-state index in [1.165, 1.54) is 0 Å². The van der Waals surface area contributed by atoms with Crippen molar-refractivity contribution in [3.05, 3.63) is 24.5 Å². The second-order valence-electron chi connectivity index (χ2n) is 8.01. The Labute approximate surface area is 158 Å². The fourth-order valence-electron chi connectivity index (χ4n) is 4.70. The van der Waals surface area contributed by atoms with E-state index in [-0.39, 0.29) is 24.3 Å². The third-order valence-electron chi connectivity index (χ3n) is 6.33. The van der Waals surface area contributed by atoms with E-state index in [1.807, 2.05) is 12.1 Å². The first kappa shape index (κ1) is 18.6. The van der Waals surface area contributed by atoms with Crippen LogP contribution < -0.4 is 4.74 Å². The number of piperidine rings is 1. The number of likely N-dealkylation sites (tertiary alicyclic amines) is 1. The summed E-state index contributed by atoms with van der Waals surface area (Å²) in [5.41, 5.74) is -0.196. The minimum absolute atomic E-state index is 0.106. The van der Waals surface area contributed by atoms with Crippen LogP contribution in [0.3, 0.4) is 0 Å². The standard InChI is InChI=1S/C20H26F2N2O3/c21-20(22)12-15(13-20)18(25)24-8-5-19(6-9-24)16(4-11-27-19)3-10-26-17-2-1-7-23-14-17/h1-2,7,14-16H,3-6,8-13H2/t16-/m0/s1. The van der Waals surface area contributed by atoms with Gasteiger partial charge in [-0.15, -0.1) is 0 Å². The van der Waals surface area contributed by atoms with Gasteiger partial charge in [-0.05, 0) is 43.7 Å². The van der Waals surface area contributed by atoms with Crippen molar-refractivity contribution in [3.8, 4) is 5.75 Å². The summed E-state index contributed by atoms with van der Waals surface area (Å²) in [5.74, 6) is -2.08. The van der Waals surface area contributed by atoms with E-state index >= 15 is 0 Å². The average molecular weight is 380 g/mol. The molecule has 1 amide bonds. The molecule has 1 spiro atoms. The summed E-state index contributed by atoms with van der Waals surface area (Å²) >= 11 is 0. The van der Waals surface area contributed by atoms with Crippen LogP contribution in [-0.2, 0) is 9.53 Å². The highest BCUT2D eigenvalue weighted by atomic mass is 19.3. The van der Waals surface area contributed by atoms with E-state index in [4.69, 9.17) is 9.47 Å². The summed E-state index contributed by atoms with van der Waals surface area (Å²) in [4.78, 5) is 18.2. The van der Waals surface area contributed by atoms with Gasteiger partial charge in [0.25, 0.3) is 0 Å². The lowest BCUT2D eigenvalue weighted by atomic mass is 9.76. The Morgan fingerprint density at radius 3 is 2.78 bits per heavy atom. The summed E-state index contributed by atoms with van der Waals surface area (Å²) < 4.78 is 38.0. The molecule has 2 aliphatic heterocycles. The molecule has 0 unspecified atom stereocenters. The molecular weight excluding hydrogens is 354 g/mol. The molecule has 0 aromatic carbocycles. The molecule has 27 heavy (non-hydrogen) atoms. The lowest BCUT2D eigenvalue weighted by molar-refractivity contribution is -0.164. The molecule has 1 saturated carbocycles. The van der Waals surface area contributed by atoms with Crippen molar-refractivity contribution in [2.45, 2.75) is 50.0 Å². The first-order valence-electron chi connectivity index (χ1n) is 9.81. The number of ether oxygens (including phenoxy) is 2. The van der Waals surface area contributed by atoms with Gasteiger partial charge < -0.3 is 14.4 Å². The van der Waals surface area contributed by atoms with E-state index in [0.717, 1.165) is 38.0 Å². The number of pyridine rings is 1. The van der Waals surface area contributed by atoms with Crippen molar-refractivity contribution in [2.24, 2.45) is 11.8 Å². The van der Waals surface area contributed by atoms with Crippen LogP contribution in [0.15, 0.2) is 24.5 Å². The van der Waals surface area contributed by atoms with Crippen LogP contribution in [0.5, 0.6) is 5.75 Å². The Bertz CT molecular complexity index is 654. The number of halogens is 2. The van der Waals surface area contributed by atoms with Crippen LogP contribution in [0.1, 0.15) is 38.5 Å². The molecule has 7 heteroatoms. The van der Waals surface area contributed by atoms with Crippen LogP contribution in [-0.4, -0.2) is 53.6 Å². The fraction of sp³-hybridized carbons (Fsp3) is 0.700. The molecule has 3 aliphatic rings. The SMILES string of the molecule is O=C(C1CC(F)(F)C1)N1CCC2(CC1)OCC[C@@H]2CCOc1cccnc1.